The molecule has 0 bridgehead atoms. The third-order valence-corrected chi connectivity index (χ3v) is 2.12. The topological polar surface area (TPSA) is 107 Å². The van der Waals surface area contributed by atoms with Gasteiger partial charge in [0.15, 0.2) is 6.10 Å². The van der Waals surface area contributed by atoms with Crippen LogP contribution >= 0.6 is 0 Å². The summed E-state index contributed by atoms with van der Waals surface area (Å²) in [7, 11) is 0. The van der Waals surface area contributed by atoms with Gasteiger partial charge in [-0.25, -0.2) is 4.79 Å². The summed E-state index contributed by atoms with van der Waals surface area (Å²) >= 11 is 0. The van der Waals surface area contributed by atoms with Crippen LogP contribution in [-0.2, 0) is 4.79 Å². The molecular formula is C11H13NO5. The molecule has 4 N–H and O–H groups in total. The zero-order valence-corrected chi connectivity index (χ0v) is 8.96. The minimum Gasteiger partial charge on any atom is -0.508 e. The first kappa shape index (κ1) is 13.0. The Hall–Kier alpha value is -2.08. The summed E-state index contributed by atoms with van der Waals surface area (Å²) in [6.45, 7) is 0.0627. The zero-order valence-electron chi connectivity index (χ0n) is 8.96. The molecule has 1 aromatic rings. The van der Waals surface area contributed by atoms with Crippen molar-refractivity contribution in [1.29, 1.82) is 0 Å². The molecule has 1 atom stereocenters. The summed E-state index contributed by atoms with van der Waals surface area (Å²) in [4.78, 5) is 21.8. The van der Waals surface area contributed by atoms with Gasteiger partial charge in [-0.05, 0) is 24.3 Å². The lowest BCUT2D eigenvalue weighted by Gasteiger charge is -2.07. The summed E-state index contributed by atoms with van der Waals surface area (Å²) in [6.07, 6.45) is -1.53. The summed E-state index contributed by atoms with van der Waals surface area (Å²) in [5.74, 6) is -1.64. The van der Waals surface area contributed by atoms with Gasteiger partial charge in [-0.1, -0.05) is 0 Å². The standard InChI is InChI=1S/C11H13NO5/c13-8-3-1-7(2-4-8)10(15)12-6-5-9(14)11(16)17/h1-4,9,13-14H,5-6H2,(H,12,15)(H,16,17)/t9-/m0/s1. The molecule has 0 saturated carbocycles. The van der Waals surface area contributed by atoms with E-state index in [-0.39, 0.29) is 24.6 Å². The summed E-state index contributed by atoms with van der Waals surface area (Å²) in [5, 5.41) is 28.8. The third kappa shape index (κ3) is 4.12. The molecule has 0 spiro atoms. The van der Waals surface area contributed by atoms with Crippen LogP contribution in [0.2, 0.25) is 0 Å². The highest BCUT2D eigenvalue weighted by Crippen LogP contribution is 2.09. The third-order valence-electron chi connectivity index (χ3n) is 2.12. The SMILES string of the molecule is O=C(NCC[C@H](O)C(=O)O)c1ccc(O)cc1. The monoisotopic (exact) mass is 239 g/mol. The molecule has 0 aliphatic rings. The maximum atomic E-state index is 11.5. The molecule has 1 amide bonds. The first-order valence-corrected chi connectivity index (χ1v) is 4.99. The van der Waals surface area contributed by atoms with E-state index in [4.69, 9.17) is 15.3 Å². The number of carbonyl (C=O) groups is 2. The number of aliphatic hydroxyl groups is 1. The number of carboxylic acid groups (broad SMARTS) is 1. The highest BCUT2D eigenvalue weighted by molar-refractivity contribution is 5.94. The second-order valence-corrected chi connectivity index (χ2v) is 3.45. The first-order valence-electron chi connectivity index (χ1n) is 4.99. The number of phenols is 1. The van der Waals surface area contributed by atoms with Crippen LogP contribution in [-0.4, -0.2) is 39.8 Å². The summed E-state index contributed by atoms with van der Waals surface area (Å²) < 4.78 is 0. The molecule has 0 aromatic heterocycles. The van der Waals surface area contributed by atoms with Crippen molar-refractivity contribution >= 4 is 11.9 Å². The van der Waals surface area contributed by atoms with Crippen molar-refractivity contribution in [3.63, 3.8) is 0 Å². The maximum absolute atomic E-state index is 11.5. The predicted octanol–water partition coefficient (Wildman–Crippen LogP) is -0.0424. The Morgan fingerprint density at radius 1 is 1.24 bits per heavy atom. The Bertz CT molecular complexity index is 401. The van der Waals surface area contributed by atoms with E-state index >= 15 is 0 Å². The second kappa shape index (κ2) is 5.86. The first-order chi connectivity index (χ1) is 8.00. The van der Waals surface area contributed by atoms with Crippen molar-refractivity contribution in [2.75, 3.05) is 6.54 Å². The highest BCUT2D eigenvalue weighted by Gasteiger charge is 2.13. The van der Waals surface area contributed by atoms with Crippen molar-refractivity contribution in [2.24, 2.45) is 0 Å². The molecule has 0 unspecified atom stereocenters. The molecule has 92 valence electrons. The van der Waals surface area contributed by atoms with Crippen molar-refractivity contribution in [1.82, 2.24) is 5.32 Å². The number of aliphatic hydroxyl groups excluding tert-OH is 1. The molecular weight excluding hydrogens is 226 g/mol. The highest BCUT2D eigenvalue weighted by atomic mass is 16.4. The van der Waals surface area contributed by atoms with Gasteiger partial charge < -0.3 is 20.6 Å². The number of rotatable bonds is 5. The minimum absolute atomic E-state index is 0.0564. The molecule has 0 radical (unpaired) electrons. The van der Waals surface area contributed by atoms with E-state index in [1.165, 1.54) is 24.3 Å². The lowest BCUT2D eigenvalue weighted by molar-refractivity contribution is -0.146. The molecule has 0 heterocycles. The normalized spacial score (nSPS) is 11.8. The largest absolute Gasteiger partial charge is 0.508 e. The zero-order chi connectivity index (χ0) is 12.8. The van der Waals surface area contributed by atoms with Crippen LogP contribution in [0.3, 0.4) is 0 Å². The van der Waals surface area contributed by atoms with Crippen LogP contribution in [0.15, 0.2) is 24.3 Å². The number of nitrogens with one attached hydrogen (secondary N) is 1. The maximum Gasteiger partial charge on any atom is 0.332 e. The van der Waals surface area contributed by atoms with Gasteiger partial charge in [-0.15, -0.1) is 0 Å². The van der Waals surface area contributed by atoms with Gasteiger partial charge in [0.1, 0.15) is 5.75 Å². The Kier molecular flexibility index (Phi) is 4.47. The van der Waals surface area contributed by atoms with Crippen LogP contribution in [0, 0.1) is 0 Å². The summed E-state index contributed by atoms with van der Waals surface area (Å²) in [6, 6.07) is 5.64. The molecule has 17 heavy (non-hydrogen) atoms. The number of carboxylic acids is 1. The van der Waals surface area contributed by atoms with Crippen LogP contribution in [0.4, 0.5) is 0 Å². The van der Waals surface area contributed by atoms with Crippen LogP contribution < -0.4 is 5.32 Å². The molecule has 0 aliphatic carbocycles. The van der Waals surface area contributed by atoms with Crippen molar-refractivity contribution in [2.45, 2.75) is 12.5 Å². The number of hydrogen-bond donors (Lipinski definition) is 4. The van der Waals surface area contributed by atoms with Crippen molar-refractivity contribution in [3.8, 4) is 5.75 Å². The summed E-state index contributed by atoms with van der Waals surface area (Å²) in [5.41, 5.74) is 0.354. The van der Waals surface area contributed by atoms with Gasteiger partial charge >= 0.3 is 5.97 Å². The number of aromatic hydroxyl groups is 1. The van der Waals surface area contributed by atoms with Gasteiger partial charge in [0.05, 0.1) is 0 Å². The van der Waals surface area contributed by atoms with E-state index in [0.29, 0.717) is 5.56 Å². The molecule has 6 heteroatoms. The average molecular weight is 239 g/mol. The van der Waals surface area contributed by atoms with E-state index < -0.39 is 12.1 Å². The fourth-order valence-electron chi connectivity index (χ4n) is 1.16. The number of hydrogen-bond acceptors (Lipinski definition) is 4. The van der Waals surface area contributed by atoms with Crippen molar-refractivity contribution < 1.29 is 24.9 Å². The van der Waals surface area contributed by atoms with Gasteiger partial charge in [-0.2, -0.15) is 0 Å². The Morgan fingerprint density at radius 2 is 1.82 bits per heavy atom. The number of benzene rings is 1. The van der Waals surface area contributed by atoms with Crippen LogP contribution in [0.1, 0.15) is 16.8 Å². The fourth-order valence-corrected chi connectivity index (χ4v) is 1.16. The predicted molar refractivity (Wildman–Crippen MR) is 58.7 cm³/mol. The van der Waals surface area contributed by atoms with E-state index in [2.05, 4.69) is 5.32 Å². The smallest absolute Gasteiger partial charge is 0.332 e. The van der Waals surface area contributed by atoms with E-state index in [1.807, 2.05) is 0 Å². The van der Waals surface area contributed by atoms with Crippen LogP contribution in [0.5, 0.6) is 5.75 Å². The number of aliphatic carboxylic acids is 1. The molecule has 0 saturated heterocycles. The Morgan fingerprint density at radius 3 is 2.35 bits per heavy atom. The molecule has 6 nitrogen and oxygen atoms in total. The average Bonchev–Trinajstić information content (AvgIpc) is 2.29. The number of carbonyl (C=O) groups excluding carboxylic acids is 1. The van der Waals surface area contributed by atoms with Crippen LogP contribution in [0.25, 0.3) is 0 Å². The van der Waals surface area contributed by atoms with E-state index in [0.717, 1.165) is 0 Å². The second-order valence-electron chi connectivity index (χ2n) is 3.45. The van der Waals surface area contributed by atoms with Gasteiger partial charge in [0, 0.05) is 18.5 Å². The van der Waals surface area contributed by atoms with Gasteiger partial charge in [-0.3, -0.25) is 4.79 Å². The lowest BCUT2D eigenvalue weighted by Crippen LogP contribution is -2.29. The van der Waals surface area contributed by atoms with E-state index in [1.54, 1.807) is 0 Å². The number of phenolic OH excluding ortho intramolecular Hbond substituents is 1. The molecule has 0 aliphatic heterocycles. The minimum atomic E-state index is -1.48. The lowest BCUT2D eigenvalue weighted by atomic mass is 10.2. The van der Waals surface area contributed by atoms with Gasteiger partial charge in [0.25, 0.3) is 5.91 Å². The molecule has 0 fully saturated rings. The number of amides is 1. The molecule has 1 rings (SSSR count). The van der Waals surface area contributed by atoms with Crippen molar-refractivity contribution in [3.05, 3.63) is 29.8 Å². The Labute approximate surface area is 97.5 Å². The fraction of sp³-hybridized carbons (Fsp3) is 0.273. The molecule has 1 aromatic carbocycles. The van der Waals surface area contributed by atoms with E-state index in [9.17, 15) is 9.59 Å². The van der Waals surface area contributed by atoms with Gasteiger partial charge in [0.2, 0.25) is 0 Å². The quantitative estimate of drug-likeness (QED) is 0.576. The Balaban J connectivity index is 2.40.